The Morgan fingerprint density at radius 3 is 2.65 bits per heavy atom. The highest BCUT2D eigenvalue weighted by Gasteiger charge is 2.61. The van der Waals surface area contributed by atoms with Crippen molar-refractivity contribution in [3.8, 4) is 22.2 Å². The summed E-state index contributed by atoms with van der Waals surface area (Å²) in [5.74, 6) is -1.58. The van der Waals surface area contributed by atoms with Crippen molar-refractivity contribution in [1.29, 1.82) is 0 Å². The molecule has 0 spiro atoms. The van der Waals surface area contributed by atoms with Crippen molar-refractivity contribution in [3.63, 3.8) is 0 Å². The Labute approximate surface area is 273 Å². The molecule has 2 N–H and O–H groups in total. The summed E-state index contributed by atoms with van der Waals surface area (Å²) >= 11 is 1.53. The van der Waals surface area contributed by atoms with Gasteiger partial charge < -0.3 is 24.8 Å². The van der Waals surface area contributed by atoms with Gasteiger partial charge in [-0.2, -0.15) is 0 Å². The Morgan fingerprint density at radius 1 is 1.15 bits per heavy atom. The van der Waals surface area contributed by atoms with Crippen LogP contribution in [0.5, 0.6) is 11.5 Å². The second-order valence-electron chi connectivity index (χ2n) is 13.2. The molecule has 3 aliphatic rings. The zero-order valence-corrected chi connectivity index (χ0v) is 27.9. The number of fused-ring (bicyclic) bond motifs is 3. The summed E-state index contributed by atoms with van der Waals surface area (Å²) < 4.78 is 12.3. The van der Waals surface area contributed by atoms with Crippen LogP contribution in [0.1, 0.15) is 69.5 Å². The van der Waals surface area contributed by atoms with Crippen LogP contribution in [0.15, 0.2) is 35.7 Å². The summed E-state index contributed by atoms with van der Waals surface area (Å²) in [4.78, 5) is 51.5. The molecular formula is C35H42N4O6S. The third kappa shape index (κ3) is 5.97. The second kappa shape index (κ2) is 12.7. The molecule has 3 heterocycles. The lowest BCUT2D eigenvalue weighted by molar-refractivity contribution is -0.145. The SMILES string of the molecule is COc1ccc2c(OC3CC4C(=O)N[C@]5(C(=O)O)CC5C=CCCCCN(C)C(=O)C4C3)cc(-c3nc(C(C)C)cs3)nc2c1C. The third-order valence-corrected chi connectivity index (χ3v) is 10.7. The van der Waals surface area contributed by atoms with Crippen LogP contribution >= 0.6 is 11.3 Å². The number of nitrogens with one attached hydrogen (secondary N) is 1. The molecule has 0 saturated heterocycles. The van der Waals surface area contributed by atoms with Crippen molar-refractivity contribution < 1.29 is 29.0 Å². The van der Waals surface area contributed by atoms with Crippen LogP contribution in [0, 0.1) is 24.7 Å². The quantitative estimate of drug-likeness (QED) is 0.325. The van der Waals surface area contributed by atoms with Crippen molar-refractivity contribution in [1.82, 2.24) is 20.2 Å². The number of hydrogen-bond acceptors (Lipinski definition) is 8. The smallest absolute Gasteiger partial charge is 0.330 e. The Morgan fingerprint density at radius 2 is 1.93 bits per heavy atom. The number of methoxy groups -OCH3 is 1. The average molecular weight is 647 g/mol. The van der Waals surface area contributed by atoms with Gasteiger partial charge in [-0.1, -0.05) is 26.0 Å². The predicted octanol–water partition coefficient (Wildman–Crippen LogP) is 5.73. The van der Waals surface area contributed by atoms with Gasteiger partial charge in [-0.05, 0) is 63.5 Å². The zero-order chi connectivity index (χ0) is 32.7. The number of carbonyl (C=O) groups excluding carboxylic acids is 2. The number of aromatic nitrogens is 2. The number of pyridine rings is 1. The normalized spacial score (nSPS) is 26.8. The molecule has 10 nitrogen and oxygen atoms in total. The molecule has 46 heavy (non-hydrogen) atoms. The number of allylic oxidation sites excluding steroid dienone is 1. The number of carbonyl (C=O) groups is 3. The first kappa shape index (κ1) is 32.0. The van der Waals surface area contributed by atoms with Crippen LogP contribution in [0.4, 0.5) is 0 Å². The van der Waals surface area contributed by atoms with Gasteiger partial charge in [-0.25, -0.2) is 14.8 Å². The van der Waals surface area contributed by atoms with E-state index < -0.39 is 35.4 Å². The molecule has 2 saturated carbocycles. The number of aryl methyl sites for hydroxylation is 1. The second-order valence-corrected chi connectivity index (χ2v) is 14.1. The van der Waals surface area contributed by atoms with Crippen molar-refractivity contribution >= 4 is 40.0 Å². The summed E-state index contributed by atoms with van der Waals surface area (Å²) in [7, 11) is 3.41. The molecule has 4 unspecified atom stereocenters. The average Bonchev–Trinajstić information content (AvgIpc) is 3.33. The van der Waals surface area contributed by atoms with Gasteiger partial charge in [0.1, 0.15) is 33.8 Å². The molecule has 2 amide bonds. The molecule has 1 aromatic carbocycles. The molecule has 244 valence electrons. The topological polar surface area (TPSA) is 131 Å². The number of nitrogens with zero attached hydrogens (tertiary/aromatic N) is 3. The van der Waals surface area contributed by atoms with E-state index in [2.05, 4.69) is 19.2 Å². The fourth-order valence-corrected chi connectivity index (χ4v) is 7.79. The largest absolute Gasteiger partial charge is 0.496 e. The van der Waals surface area contributed by atoms with Crippen molar-refractivity contribution in [2.24, 2.45) is 17.8 Å². The number of aliphatic carboxylic acids is 1. The first-order valence-electron chi connectivity index (χ1n) is 16.1. The maximum Gasteiger partial charge on any atom is 0.330 e. The van der Waals surface area contributed by atoms with E-state index in [9.17, 15) is 19.5 Å². The highest BCUT2D eigenvalue weighted by atomic mass is 32.1. The lowest BCUT2D eigenvalue weighted by atomic mass is 9.93. The minimum atomic E-state index is -1.33. The number of carboxylic acids is 1. The predicted molar refractivity (Wildman–Crippen MR) is 176 cm³/mol. The van der Waals surface area contributed by atoms with Crippen LogP contribution in [0.2, 0.25) is 0 Å². The van der Waals surface area contributed by atoms with Crippen LogP contribution in [0.3, 0.4) is 0 Å². The fourth-order valence-electron chi connectivity index (χ4n) is 6.85. The van der Waals surface area contributed by atoms with Gasteiger partial charge in [0, 0.05) is 41.9 Å². The number of benzene rings is 1. The number of hydrogen-bond donors (Lipinski definition) is 2. The fraction of sp³-hybridized carbons (Fsp3) is 0.514. The first-order chi connectivity index (χ1) is 22.0. The maximum atomic E-state index is 13.8. The zero-order valence-electron chi connectivity index (χ0n) is 27.0. The monoisotopic (exact) mass is 646 g/mol. The van der Waals surface area contributed by atoms with Crippen LogP contribution in [0.25, 0.3) is 21.6 Å². The van der Waals surface area contributed by atoms with Crippen molar-refractivity contribution in [2.45, 2.75) is 76.9 Å². The molecule has 3 aromatic rings. The van der Waals surface area contributed by atoms with Gasteiger partial charge in [0.15, 0.2) is 0 Å². The Kier molecular flexibility index (Phi) is 8.80. The van der Waals surface area contributed by atoms with E-state index in [0.717, 1.165) is 46.4 Å². The van der Waals surface area contributed by atoms with Crippen LogP contribution in [-0.2, 0) is 14.4 Å². The van der Waals surface area contributed by atoms with Gasteiger partial charge in [0.05, 0.1) is 30.2 Å². The molecule has 11 heteroatoms. The molecule has 0 radical (unpaired) electrons. The van der Waals surface area contributed by atoms with E-state index in [1.165, 1.54) is 11.3 Å². The Bertz CT molecular complexity index is 1700. The summed E-state index contributed by atoms with van der Waals surface area (Å²) in [5.41, 5.74) is 1.94. The van der Waals surface area contributed by atoms with Crippen LogP contribution in [-0.4, -0.2) is 70.1 Å². The minimum Gasteiger partial charge on any atom is -0.496 e. The molecule has 6 rings (SSSR count). The van der Waals surface area contributed by atoms with Crippen LogP contribution < -0.4 is 14.8 Å². The first-order valence-corrected chi connectivity index (χ1v) is 17.0. The lowest BCUT2D eigenvalue weighted by Crippen LogP contribution is -2.49. The molecule has 2 fully saturated rings. The highest BCUT2D eigenvalue weighted by molar-refractivity contribution is 7.13. The van der Waals surface area contributed by atoms with E-state index >= 15 is 0 Å². The van der Waals surface area contributed by atoms with Gasteiger partial charge in [-0.15, -0.1) is 11.3 Å². The van der Waals surface area contributed by atoms with Gasteiger partial charge in [-0.3, -0.25) is 9.59 Å². The minimum absolute atomic E-state index is 0.111. The summed E-state index contributed by atoms with van der Waals surface area (Å²) in [6.45, 7) is 6.75. The molecule has 0 bridgehead atoms. The van der Waals surface area contributed by atoms with Crippen molar-refractivity contribution in [2.75, 3.05) is 20.7 Å². The summed E-state index contributed by atoms with van der Waals surface area (Å²) in [5, 5.41) is 16.6. The van der Waals surface area contributed by atoms with Crippen molar-refractivity contribution in [3.05, 3.63) is 47.0 Å². The lowest BCUT2D eigenvalue weighted by Gasteiger charge is -2.26. The number of thiazole rings is 1. The van der Waals surface area contributed by atoms with E-state index in [1.54, 1.807) is 19.1 Å². The molecule has 2 aromatic heterocycles. The number of amides is 2. The van der Waals surface area contributed by atoms with E-state index in [4.69, 9.17) is 19.4 Å². The summed E-state index contributed by atoms with van der Waals surface area (Å²) in [6.07, 6.45) is 6.97. The number of ether oxygens (including phenoxy) is 2. The van der Waals surface area contributed by atoms with E-state index in [1.807, 2.05) is 42.7 Å². The van der Waals surface area contributed by atoms with E-state index in [-0.39, 0.29) is 24.2 Å². The van der Waals surface area contributed by atoms with E-state index in [0.29, 0.717) is 36.6 Å². The third-order valence-electron chi connectivity index (χ3n) is 9.77. The number of rotatable bonds is 6. The molecule has 1 aliphatic heterocycles. The Hall–Kier alpha value is -3.99. The highest BCUT2D eigenvalue weighted by Crippen LogP contribution is 2.47. The van der Waals surface area contributed by atoms with Gasteiger partial charge >= 0.3 is 5.97 Å². The standard InChI is InChI=1S/C35H42N4O6S/c1-19(2)27-18-46-32(37-27)26-16-29(23-11-12-28(44-5)20(3)30(23)36-26)45-22-14-24-25(15-22)33(41)39(4)13-9-7-6-8-10-21-17-35(21,34(42)43)38-31(24)40/h8,10-12,16,18-19,21-22,24-25H,6-7,9,13-15,17H2,1-5H3,(H,38,40)(H,42,43)/t21?,22?,24?,25?,35-/m1/s1. The summed E-state index contributed by atoms with van der Waals surface area (Å²) in [6, 6.07) is 5.70. The molecule has 2 aliphatic carbocycles. The molecule has 5 atom stereocenters. The maximum absolute atomic E-state index is 13.8. The van der Waals surface area contributed by atoms with Gasteiger partial charge in [0.2, 0.25) is 11.8 Å². The Balaban J connectivity index is 1.35. The molecular weight excluding hydrogens is 604 g/mol. The van der Waals surface area contributed by atoms with Gasteiger partial charge in [0.25, 0.3) is 0 Å². The number of carboxylic acid groups (broad SMARTS) is 1.